The summed E-state index contributed by atoms with van der Waals surface area (Å²) in [7, 11) is 1.78. The van der Waals surface area contributed by atoms with E-state index in [2.05, 4.69) is 19.2 Å². The van der Waals surface area contributed by atoms with Crippen LogP contribution < -0.4 is 5.32 Å². The van der Waals surface area contributed by atoms with Gasteiger partial charge in [-0.05, 0) is 31.6 Å². The number of nitrogens with zero attached hydrogens (tertiary/aromatic N) is 1. The molecule has 18 heavy (non-hydrogen) atoms. The van der Waals surface area contributed by atoms with Gasteiger partial charge in [0.15, 0.2) is 0 Å². The average Bonchev–Trinajstić information content (AvgIpc) is 2.74. The van der Waals surface area contributed by atoms with Gasteiger partial charge in [0, 0.05) is 19.6 Å². The summed E-state index contributed by atoms with van der Waals surface area (Å²) in [4.78, 5) is 24.4. The van der Waals surface area contributed by atoms with Crippen molar-refractivity contribution in [2.45, 2.75) is 45.6 Å². The van der Waals surface area contributed by atoms with E-state index in [1.807, 2.05) is 0 Å². The van der Waals surface area contributed by atoms with Crippen LogP contribution >= 0.6 is 0 Å². The molecule has 1 aliphatic rings. The molecular weight excluding hydrogens is 232 g/mol. The molecule has 1 saturated carbocycles. The molecule has 5 heteroatoms. The lowest BCUT2D eigenvalue weighted by atomic mass is 10.1. The number of carbonyl (C=O) groups excluding carboxylic acids is 1. The topological polar surface area (TPSA) is 69.6 Å². The smallest absolute Gasteiger partial charge is 0.317 e. The van der Waals surface area contributed by atoms with Crippen molar-refractivity contribution in [1.82, 2.24) is 10.2 Å². The van der Waals surface area contributed by atoms with Gasteiger partial charge in [0.25, 0.3) is 0 Å². The number of carboxylic acid groups (broad SMARTS) is 1. The molecule has 2 unspecified atom stereocenters. The first-order chi connectivity index (χ1) is 8.40. The van der Waals surface area contributed by atoms with Crippen LogP contribution in [-0.2, 0) is 4.79 Å². The van der Waals surface area contributed by atoms with Gasteiger partial charge in [-0.25, -0.2) is 4.79 Å². The third kappa shape index (κ3) is 4.55. The van der Waals surface area contributed by atoms with Gasteiger partial charge in [-0.2, -0.15) is 0 Å². The van der Waals surface area contributed by atoms with Crippen LogP contribution in [0.15, 0.2) is 0 Å². The van der Waals surface area contributed by atoms with Gasteiger partial charge in [0.05, 0.1) is 5.92 Å². The quantitative estimate of drug-likeness (QED) is 0.789. The first kappa shape index (κ1) is 14.8. The lowest BCUT2D eigenvalue weighted by Crippen LogP contribution is -2.42. The molecule has 1 fully saturated rings. The molecule has 1 aliphatic carbocycles. The molecule has 104 valence electrons. The van der Waals surface area contributed by atoms with Crippen LogP contribution in [0.25, 0.3) is 0 Å². The Hall–Kier alpha value is -1.26. The number of hydrogen-bond acceptors (Lipinski definition) is 2. The Morgan fingerprint density at radius 3 is 2.56 bits per heavy atom. The Bertz CT molecular complexity index is 305. The van der Waals surface area contributed by atoms with Gasteiger partial charge in [-0.3, -0.25) is 4.79 Å². The summed E-state index contributed by atoms with van der Waals surface area (Å²) in [5.74, 6) is -0.473. The van der Waals surface area contributed by atoms with Gasteiger partial charge in [0.2, 0.25) is 0 Å². The van der Waals surface area contributed by atoms with Crippen molar-refractivity contribution >= 4 is 12.0 Å². The standard InChI is InChI=1S/C13H24N2O3/c1-9(2)6-7-15(3)13(18)14-11-5-4-10(8-11)12(16)17/h9-11H,4-8H2,1-3H3,(H,14,18)(H,16,17). The molecule has 0 spiro atoms. The summed E-state index contributed by atoms with van der Waals surface area (Å²) in [6.07, 6.45) is 2.96. The highest BCUT2D eigenvalue weighted by Crippen LogP contribution is 2.25. The highest BCUT2D eigenvalue weighted by molar-refractivity contribution is 5.75. The number of rotatable bonds is 5. The van der Waals surface area contributed by atoms with E-state index < -0.39 is 5.97 Å². The predicted octanol–water partition coefficient (Wildman–Crippen LogP) is 1.93. The second-order valence-corrected chi connectivity index (χ2v) is 5.60. The van der Waals surface area contributed by atoms with Gasteiger partial charge >= 0.3 is 12.0 Å². The zero-order valence-electron chi connectivity index (χ0n) is 11.5. The molecule has 0 bridgehead atoms. The number of amides is 2. The maximum Gasteiger partial charge on any atom is 0.317 e. The molecule has 0 heterocycles. The summed E-state index contributed by atoms with van der Waals surface area (Å²) in [6.45, 7) is 4.99. The van der Waals surface area contributed by atoms with Crippen LogP contribution in [0.4, 0.5) is 4.79 Å². The monoisotopic (exact) mass is 256 g/mol. The Kier molecular flexibility index (Phi) is 5.44. The number of nitrogens with one attached hydrogen (secondary N) is 1. The lowest BCUT2D eigenvalue weighted by molar-refractivity contribution is -0.141. The van der Waals surface area contributed by atoms with E-state index in [0.717, 1.165) is 19.4 Å². The van der Waals surface area contributed by atoms with E-state index in [1.54, 1.807) is 11.9 Å². The van der Waals surface area contributed by atoms with Crippen LogP contribution in [0, 0.1) is 11.8 Å². The van der Waals surface area contributed by atoms with Crippen molar-refractivity contribution in [2.24, 2.45) is 11.8 Å². The predicted molar refractivity (Wildman–Crippen MR) is 69.4 cm³/mol. The number of urea groups is 1. The Balaban J connectivity index is 2.30. The van der Waals surface area contributed by atoms with Gasteiger partial charge in [-0.1, -0.05) is 13.8 Å². The summed E-state index contributed by atoms with van der Waals surface area (Å²) in [5.41, 5.74) is 0. The number of aliphatic carboxylic acids is 1. The molecule has 0 aromatic rings. The van der Waals surface area contributed by atoms with E-state index >= 15 is 0 Å². The van der Waals surface area contributed by atoms with Gasteiger partial charge < -0.3 is 15.3 Å². The largest absolute Gasteiger partial charge is 0.481 e. The van der Waals surface area contributed by atoms with Crippen LogP contribution in [0.3, 0.4) is 0 Å². The minimum absolute atomic E-state index is 0.0140. The molecule has 0 aromatic heterocycles. The Labute approximate surface area is 109 Å². The summed E-state index contributed by atoms with van der Waals surface area (Å²) in [5, 5.41) is 11.8. The Morgan fingerprint density at radius 1 is 1.39 bits per heavy atom. The van der Waals surface area contributed by atoms with E-state index in [1.165, 1.54) is 0 Å². The molecular formula is C13H24N2O3. The summed E-state index contributed by atoms with van der Waals surface area (Å²) >= 11 is 0. The third-order valence-corrected chi connectivity index (χ3v) is 3.50. The first-order valence-corrected chi connectivity index (χ1v) is 6.64. The minimum atomic E-state index is -0.750. The molecule has 0 radical (unpaired) electrons. The van der Waals surface area contributed by atoms with Crippen LogP contribution in [0.2, 0.25) is 0 Å². The van der Waals surface area contributed by atoms with Crippen LogP contribution in [0.5, 0.6) is 0 Å². The number of carbonyl (C=O) groups is 2. The maximum absolute atomic E-state index is 11.9. The van der Waals surface area contributed by atoms with E-state index in [4.69, 9.17) is 5.11 Å². The Morgan fingerprint density at radius 2 is 2.06 bits per heavy atom. The van der Waals surface area contributed by atoms with Crippen molar-refractivity contribution in [3.05, 3.63) is 0 Å². The zero-order valence-corrected chi connectivity index (χ0v) is 11.5. The fourth-order valence-electron chi connectivity index (χ4n) is 2.18. The zero-order chi connectivity index (χ0) is 13.7. The molecule has 2 amide bonds. The van der Waals surface area contributed by atoms with E-state index in [-0.39, 0.29) is 18.0 Å². The lowest BCUT2D eigenvalue weighted by Gasteiger charge is -2.21. The highest BCUT2D eigenvalue weighted by Gasteiger charge is 2.30. The number of carboxylic acids is 1. The van der Waals surface area contributed by atoms with Crippen molar-refractivity contribution < 1.29 is 14.7 Å². The van der Waals surface area contributed by atoms with Crippen molar-refractivity contribution in [1.29, 1.82) is 0 Å². The first-order valence-electron chi connectivity index (χ1n) is 6.64. The third-order valence-electron chi connectivity index (χ3n) is 3.50. The SMILES string of the molecule is CC(C)CCN(C)C(=O)NC1CCC(C(=O)O)C1. The second-order valence-electron chi connectivity index (χ2n) is 5.60. The maximum atomic E-state index is 11.9. The second kappa shape index (κ2) is 6.61. The van der Waals surface area contributed by atoms with Crippen molar-refractivity contribution in [2.75, 3.05) is 13.6 Å². The molecule has 0 saturated heterocycles. The molecule has 0 aliphatic heterocycles. The minimum Gasteiger partial charge on any atom is -0.481 e. The molecule has 2 N–H and O–H groups in total. The van der Waals surface area contributed by atoms with Crippen LogP contribution in [0.1, 0.15) is 39.5 Å². The van der Waals surface area contributed by atoms with Gasteiger partial charge in [0.1, 0.15) is 0 Å². The molecule has 1 rings (SSSR count). The molecule has 5 nitrogen and oxygen atoms in total. The fourth-order valence-corrected chi connectivity index (χ4v) is 2.18. The van der Waals surface area contributed by atoms with Crippen molar-refractivity contribution in [3.8, 4) is 0 Å². The van der Waals surface area contributed by atoms with Crippen molar-refractivity contribution in [3.63, 3.8) is 0 Å². The van der Waals surface area contributed by atoms with Crippen LogP contribution in [-0.4, -0.2) is 41.6 Å². The average molecular weight is 256 g/mol. The van der Waals surface area contributed by atoms with Gasteiger partial charge in [-0.15, -0.1) is 0 Å². The van der Waals surface area contributed by atoms with E-state index in [0.29, 0.717) is 18.8 Å². The highest BCUT2D eigenvalue weighted by atomic mass is 16.4. The normalized spacial score (nSPS) is 23.1. The summed E-state index contributed by atoms with van der Waals surface area (Å²) < 4.78 is 0. The molecule has 2 atom stereocenters. The number of hydrogen-bond donors (Lipinski definition) is 2. The fraction of sp³-hybridized carbons (Fsp3) is 0.846. The molecule has 0 aromatic carbocycles. The van der Waals surface area contributed by atoms with E-state index in [9.17, 15) is 9.59 Å². The summed E-state index contributed by atoms with van der Waals surface area (Å²) in [6, 6.07) is -0.0770.